The molecule has 0 spiro atoms. The van der Waals surface area contributed by atoms with Gasteiger partial charge in [-0.05, 0) is 44.2 Å². The molecule has 3 nitrogen and oxygen atoms in total. The van der Waals surface area contributed by atoms with Gasteiger partial charge in [0, 0.05) is 24.2 Å². The monoisotopic (exact) mass is 267 g/mol. The number of hydrogen-bond donors (Lipinski definition) is 1. The first kappa shape index (κ1) is 13.1. The topological polar surface area (TPSA) is 37.8 Å². The first-order valence-electron chi connectivity index (χ1n) is 7.42. The van der Waals surface area contributed by atoms with Crippen molar-refractivity contribution in [3.8, 4) is 0 Å². The van der Waals surface area contributed by atoms with Crippen LogP contribution in [-0.2, 0) is 12.8 Å². The molecule has 1 aliphatic rings. The van der Waals surface area contributed by atoms with E-state index in [1.54, 1.807) is 0 Å². The fourth-order valence-electron chi connectivity index (χ4n) is 2.96. The number of hydrogen-bond acceptors (Lipinski definition) is 3. The summed E-state index contributed by atoms with van der Waals surface area (Å²) in [5.41, 5.74) is 3.99. The maximum atomic E-state index is 4.70. The Bertz CT molecular complexity index is 607. The van der Waals surface area contributed by atoms with Crippen LogP contribution in [0.5, 0.6) is 0 Å². The molecular weight excluding hydrogens is 246 g/mol. The van der Waals surface area contributed by atoms with E-state index < -0.39 is 0 Å². The van der Waals surface area contributed by atoms with Gasteiger partial charge >= 0.3 is 0 Å². The van der Waals surface area contributed by atoms with Crippen LogP contribution in [0.4, 0.5) is 5.82 Å². The average molecular weight is 267 g/mol. The Morgan fingerprint density at radius 1 is 1.20 bits per heavy atom. The summed E-state index contributed by atoms with van der Waals surface area (Å²) in [7, 11) is 0. The van der Waals surface area contributed by atoms with Crippen molar-refractivity contribution >= 4 is 5.82 Å². The van der Waals surface area contributed by atoms with Gasteiger partial charge in [-0.25, -0.2) is 9.97 Å². The van der Waals surface area contributed by atoms with Crippen LogP contribution in [0.25, 0.3) is 0 Å². The number of nitrogens with zero attached hydrogens (tertiary/aromatic N) is 2. The van der Waals surface area contributed by atoms with Crippen molar-refractivity contribution in [1.29, 1.82) is 0 Å². The summed E-state index contributed by atoms with van der Waals surface area (Å²) < 4.78 is 0. The van der Waals surface area contributed by atoms with Crippen LogP contribution in [0, 0.1) is 6.92 Å². The van der Waals surface area contributed by atoms with Gasteiger partial charge in [-0.2, -0.15) is 0 Å². The fourth-order valence-corrected chi connectivity index (χ4v) is 2.96. The van der Waals surface area contributed by atoms with Crippen LogP contribution in [0.2, 0.25) is 0 Å². The maximum Gasteiger partial charge on any atom is 0.134 e. The van der Waals surface area contributed by atoms with Gasteiger partial charge in [0.25, 0.3) is 0 Å². The summed E-state index contributed by atoms with van der Waals surface area (Å²) in [5, 5.41) is 3.30. The van der Waals surface area contributed by atoms with Crippen molar-refractivity contribution in [3.05, 3.63) is 53.0 Å². The van der Waals surface area contributed by atoms with Crippen molar-refractivity contribution in [3.63, 3.8) is 0 Å². The third-order valence-corrected chi connectivity index (χ3v) is 3.94. The predicted molar refractivity (Wildman–Crippen MR) is 82.1 cm³/mol. The van der Waals surface area contributed by atoms with E-state index in [-0.39, 0.29) is 0 Å². The molecule has 1 unspecified atom stereocenters. The highest BCUT2D eigenvalue weighted by molar-refractivity contribution is 5.37. The lowest BCUT2D eigenvalue weighted by Gasteiger charge is -2.24. The molecule has 2 aromatic rings. The van der Waals surface area contributed by atoms with Crippen molar-refractivity contribution in [2.45, 2.75) is 39.0 Å². The standard InChI is InChI=1S/C17H21N3/c1-3-18-16-10-12(2)19-17(20-16)15-9-8-13-6-4-5-7-14(13)11-15/h4-7,10,15H,3,8-9,11H2,1-2H3,(H,18,19,20). The van der Waals surface area contributed by atoms with Crippen LogP contribution in [-0.4, -0.2) is 16.5 Å². The zero-order chi connectivity index (χ0) is 13.9. The Morgan fingerprint density at radius 3 is 2.80 bits per heavy atom. The Morgan fingerprint density at radius 2 is 2.00 bits per heavy atom. The zero-order valence-corrected chi connectivity index (χ0v) is 12.2. The van der Waals surface area contributed by atoms with Gasteiger partial charge in [-0.15, -0.1) is 0 Å². The van der Waals surface area contributed by atoms with Crippen LogP contribution < -0.4 is 5.32 Å². The molecule has 1 heterocycles. The Hall–Kier alpha value is -1.90. The van der Waals surface area contributed by atoms with Gasteiger partial charge < -0.3 is 5.32 Å². The average Bonchev–Trinajstić information content (AvgIpc) is 2.46. The SMILES string of the molecule is CCNc1cc(C)nc(C2CCc3ccccc3C2)n1. The zero-order valence-electron chi connectivity index (χ0n) is 12.2. The van der Waals surface area contributed by atoms with E-state index in [9.17, 15) is 0 Å². The summed E-state index contributed by atoms with van der Waals surface area (Å²) in [6.45, 7) is 5.03. The van der Waals surface area contributed by atoms with E-state index in [0.717, 1.165) is 43.1 Å². The fraction of sp³-hybridized carbons (Fsp3) is 0.412. The molecule has 0 saturated heterocycles. The normalized spacial score (nSPS) is 17.6. The van der Waals surface area contributed by atoms with Crippen LogP contribution in [0.1, 0.15) is 41.9 Å². The Labute approximate surface area is 120 Å². The lowest BCUT2D eigenvalue weighted by Crippen LogP contribution is -2.16. The summed E-state index contributed by atoms with van der Waals surface area (Å²) in [6.07, 6.45) is 3.34. The van der Waals surface area contributed by atoms with Gasteiger partial charge in [-0.3, -0.25) is 0 Å². The summed E-state index contributed by atoms with van der Waals surface area (Å²) in [4.78, 5) is 9.36. The summed E-state index contributed by atoms with van der Waals surface area (Å²) in [6, 6.07) is 10.8. The smallest absolute Gasteiger partial charge is 0.134 e. The minimum Gasteiger partial charge on any atom is -0.370 e. The lowest BCUT2D eigenvalue weighted by molar-refractivity contribution is 0.554. The van der Waals surface area contributed by atoms with Gasteiger partial charge in [0.15, 0.2) is 0 Å². The van der Waals surface area contributed by atoms with Crippen LogP contribution in [0.3, 0.4) is 0 Å². The quantitative estimate of drug-likeness (QED) is 0.925. The molecule has 3 heteroatoms. The largest absolute Gasteiger partial charge is 0.370 e. The van der Waals surface area contributed by atoms with Gasteiger partial charge in [0.1, 0.15) is 11.6 Å². The number of anilines is 1. The summed E-state index contributed by atoms with van der Waals surface area (Å²) in [5.74, 6) is 2.39. The van der Waals surface area contributed by atoms with Crippen molar-refractivity contribution in [2.75, 3.05) is 11.9 Å². The molecule has 0 saturated carbocycles. The van der Waals surface area contributed by atoms with E-state index in [1.807, 2.05) is 13.0 Å². The maximum absolute atomic E-state index is 4.70. The van der Waals surface area contributed by atoms with Crippen molar-refractivity contribution < 1.29 is 0 Å². The Balaban J connectivity index is 1.87. The molecule has 20 heavy (non-hydrogen) atoms. The number of rotatable bonds is 3. The molecule has 1 aromatic heterocycles. The van der Waals surface area contributed by atoms with E-state index in [0.29, 0.717) is 5.92 Å². The molecule has 1 aromatic carbocycles. The minimum atomic E-state index is 0.446. The van der Waals surface area contributed by atoms with E-state index >= 15 is 0 Å². The first-order valence-corrected chi connectivity index (χ1v) is 7.42. The number of aromatic nitrogens is 2. The van der Waals surface area contributed by atoms with E-state index in [1.165, 1.54) is 11.1 Å². The Kier molecular flexibility index (Phi) is 3.68. The molecule has 0 bridgehead atoms. The molecule has 0 fully saturated rings. The van der Waals surface area contributed by atoms with Crippen molar-refractivity contribution in [1.82, 2.24) is 9.97 Å². The molecule has 1 atom stereocenters. The third kappa shape index (κ3) is 2.67. The number of nitrogens with one attached hydrogen (secondary N) is 1. The molecule has 3 rings (SSSR count). The highest BCUT2D eigenvalue weighted by atomic mass is 15.0. The van der Waals surface area contributed by atoms with E-state index in [4.69, 9.17) is 4.98 Å². The second-order valence-electron chi connectivity index (χ2n) is 5.49. The van der Waals surface area contributed by atoms with Crippen LogP contribution >= 0.6 is 0 Å². The van der Waals surface area contributed by atoms with Crippen LogP contribution in [0.15, 0.2) is 30.3 Å². The number of fused-ring (bicyclic) bond motifs is 1. The molecule has 0 radical (unpaired) electrons. The molecule has 0 amide bonds. The third-order valence-electron chi connectivity index (χ3n) is 3.94. The minimum absolute atomic E-state index is 0.446. The van der Waals surface area contributed by atoms with Gasteiger partial charge in [-0.1, -0.05) is 24.3 Å². The number of benzene rings is 1. The van der Waals surface area contributed by atoms with E-state index in [2.05, 4.69) is 41.5 Å². The summed E-state index contributed by atoms with van der Waals surface area (Å²) >= 11 is 0. The lowest BCUT2D eigenvalue weighted by atomic mass is 9.83. The predicted octanol–water partition coefficient (Wildman–Crippen LogP) is 3.49. The number of aryl methyl sites for hydroxylation is 2. The first-order chi connectivity index (χ1) is 9.76. The van der Waals surface area contributed by atoms with Gasteiger partial charge in [0.05, 0.1) is 0 Å². The second kappa shape index (κ2) is 5.61. The van der Waals surface area contributed by atoms with Crippen molar-refractivity contribution in [2.24, 2.45) is 0 Å². The molecular formula is C17H21N3. The second-order valence-corrected chi connectivity index (χ2v) is 5.49. The highest BCUT2D eigenvalue weighted by Gasteiger charge is 2.22. The molecule has 1 N–H and O–H groups in total. The molecule has 1 aliphatic carbocycles. The highest BCUT2D eigenvalue weighted by Crippen LogP contribution is 2.31. The molecule has 104 valence electrons. The van der Waals surface area contributed by atoms with Gasteiger partial charge in [0.2, 0.25) is 0 Å². The molecule has 0 aliphatic heterocycles.